The SMILES string of the molecule is CCN(CC)C(=O)COc1ccc2oc(-c3ccc(Cl)cc3)cc(=O)c2c1. The van der Waals surface area contributed by atoms with Crippen LogP contribution in [0.5, 0.6) is 5.75 Å². The molecule has 1 aromatic heterocycles. The van der Waals surface area contributed by atoms with Crippen molar-refractivity contribution in [1.29, 1.82) is 0 Å². The Morgan fingerprint density at radius 2 is 1.78 bits per heavy atom. The van der Waals surface area contributed by atoms with Crippen LogP contribution in [0.2, 0.25) is 5.02 Å². The van der Waals surface area contributed by atoms with Crippen LogP contribution in [0.15, 0.2) is 57.7 Å². The van der Waals surface area contributed by atoms with E-state index in [4.69, 9.17) is 20.8 Å². The Labute approximate surface area is 162 Å². The Morgan fingerprint density at radius 1 is 1.07 bits per heavy atom. The highest BCUT2D eigenvalue weighted by molar-refractivity contribution is 6.30. The second kappa shape index (κ2) is 8.27. The van der Waals surface area contributed by atoms with Crippen LogP contribution in [0.4, 0.5) is 0 Å². The topological polar surface area (TPSA) is 59.8 Å². The summed E-state index contributed by atoms with van der Waals surface area (Å²) in [6.45, 7) is 5.03. The van der Waals surface area contributed by atoms with Gasteiger partial charge in [0, 0.05) is 29.7 Å². The van der Waals surface area contributed by atoms with E-state index in [9.17, 15) is 9.59 Å². The summed E-state index contributed by atoms with van der Waals surface area (Å²) in [5, 5.41) is 1.02. The van der Waals surface area contributed by atoms with E-state index in [-0.39, 0.29) is 17.9 Å². The molecule has 3 rings (SSSR count). The van der Waals surface area contributed by atoms with Crippen LogP contribution in [0.25, 0.3) is 22.3 Å². The number of ether oxygens (including phenoxy) is 1. The van der Waals surface area contributed by atoms with Crippen molar-refractivity contribution >= 4 is 28.5 Å². The smallest absolute Gasteiger partial charge is 0.260 e. The Kier molecular flexibility index (Phi) is 5.81. The molecule has 2 aromatic carbocycles. The number of nitrogens with zero attached hydrogens (tertiary/aromatic N) is 1. The van der Waals surface area contributed by atoms with E-state index >= 15 is 0 Å². The molecule has 0 fully saturated rings. The van der Waals surface area contributed by atoms with E-state index in [1.807, 2.05) is 13.8 Å². The molecule has 0 saturated carbocycles. The number of fused-ring (bicyclic) bond motifs is 1. The maximum absolute atomic E-state index is 12.5. The minimum atomic E-state index is -0.179. The van der Waals surface area contributed by atoms with Gasteiger partial charge in [-0.25, -0.2) is 0 Å². The number of hydrogen-bond donors (Lipinski definition) is 0. The minimum Gasteiger partial charge on any atom is -0.484 e. The number of benzene rings is 2. The van der Waals surface area contributed by atoms with Crippen LogP contribution in [-0.4, -0.2) is 30.5 Å². The second-order valence-corrected chi connectivity index (χ2v) is 6.43. The number of halogens is 1. The predicted octanol–water partition coefficient (Wildman–Crippen LogP) is 4.36. The number of carbonyl (C=O) groups is 1. The number of hydrogen-bond acceptors (Lipinski definition) is 4. The lowest BCUT2D eigenvalue weighted by atomic mass is 10.1. The molecule has 0 aliphatic carbocycles. The van der Waals surface area contributed by atoms with Gasteiger partial charge in [-0.1, -0.05) is 11.6 Å². The van der Waals surface area contributed by atoms with Crippen molar-refractivity contribution in [2.45, 2.75) is 13.8 Å². The van der Waals surface area contributed by atoms with Crippen LogP contribution < -0.4 is 10.2 Å². The van der Waals surface area contributed by atoms with E-state index in [0.29, 0.717) is 40.6 Å². The van der Waals surface area contributed by atoms with Gasteiger partial charge >= 0.3 is 0 Å². The van der Waals surface area contributed by atoms with E-state index in [1.165, 1.54) is 6.07 Å². The van der Waals surface area contributed by atoms with Crippen LogP contribution in [-0.2, 0) is 4.79 Å². The van der Waals surface area contributed by atoms with Gasteiger partial charge in [0.25, 0.3) is 5.91 Å². The van der Waals surface area contributed by atoms with E-state index in [0.717, 1.165) is 5.56 Å². The van der Waals surface area contributed by atoms with Crippen molar-refractivity contribution in [1.82, 2.24) is 4.90 Å². The van der Waals surface area contributed by atoms with Gasteiger partial charge in [0.1, 0.15) is 17.1 Å². The Morgan fingerprint density at radius 3 is 2.44 bits per heavy atom. The molecule has 0 radical (unpaired) electrons. The molecule has 1 heterocycles. The Balaban J connectivity index is 1.85. The molecule has 0 aliphatic rings. The average molecular weight is 386 g/mol. The number of likely N-dealkylation sites (N-methyl/N-ethyl adjacent to an activating group) is 1. The van der Waals surface area contributed by atoms with Gasteiger partial charge < -0.3 is 14.1 Å². The van der Waals surface area contributed by atoms with Gasteiger partial charge in [-0.15, -0.1) is 0 Å². The summed E-state index contributed by atoms with van der Waals surface area (Å²) in [5.41, 5.74) is 1.04. The molecule has 6 heteroatoms. The summed E-state index contributed by atoms with van der Waals surface area (Å²) in [7, 11) is 0. The van der Waals surface area contributed by atoms with Crippen molar-refractivity contribution in [3.8, 4) is 17.1 Å². The number of rotatable bonds is 6. The first kappa shape index (κ1) is 19.0. The van der Waals surface area contributed by atoms with E-state index in [2.05, 4.69) is 0 Å². The fourth-order valence-electron chi connectivity index (χ4n) is 2.79. The first-order valence-corrected chi connectivity index (χ1v) is 9.14. The average Bonchev–Trinajstić information content (AvgIpc) is 2.68. The summed E-state index contributed by atoms with van der Waals surface area (Å²) in [4.78, 5) is 26.2. The third-order valence-electron chi connectivity index (χ3n) is 4.31. The van der Waals surface area contributed by atoms with Gasteiger partial charge in [0.2, 0.25) is 0 Å². The maximum atomic E-state index is 12.5. The van der Waals surface area contributed by atoms with Crippen molar-refractivity contribution in [3.05, 3.63) is 63.8 Å². The Hall–Kier alpha value is -2.79. The lowest BCUT2D eigenvalue weighted by Gasteiger charge is -2.18. The zero-order valence-electron chi connectivity index (χ0n) is 15.2. The molecular weight excluding hydrogens is 366 g/mol. The van der Waals surface area contributed by atoms with Gasteiger partial charge in [0.05, 0.1) is 5.39 Å². The number of carbonyl (C=O) groups excluding carboxylic acids is 1. The highest BCUT2D eigenvalue weighted by Gasteiger charge is 2.12. The van der Waals surface area contributed by atoms with Crippen LogP contribution in [0, 0.1) is 0 Å². The van der Waals surface area contributed by atoms with Gasteiger partial charge in [0.15, 0.2) is 12.0 Å². The zero-order valence-corrected chi connectivity index (χ0v) is 16.0. The van der Waals surface area contributed by atoms with Gasteiger partial charge in [-0.3, -0.25) is 9.59 Å². The molecule has 3 aromatic rings. The van der Waals surface area contributed by atoms with Gasteiger partial charge in [-0.05, 0) is 56.3 Å². The lowest BCUT2D eigenvalue weighted by Crippen LogP contribution is -2.34. The quantitative estimate of drug-likeness (QED) is 0.632. The molecular formula is C21H20ClNO4. The summed E-state index contributed by atoms with van der Waals surface area (Å²) in [6.07, 6.45) is 0. The summed E-state index contributed by atoms with van der Waals surface area (Å²) < 4.78 is 11.4. The van der Waals surface area contributed by atoms with Crippen molar-refractivity contribution in [2.24, 2.45) is 0 Å². The van der Waals surface area contributed by atoms with Gasteiger partial charge in [-0.2, -0.15) is 0 Å². The monoisotopic (exact) mass is 385 g/mol. The lowest BCUT2D eigenvalue weighted by molar-refractivity contribution is -0.132. The van der Waals surface area contributed by atoms with Crippen molar-refractivity contribution in [2.75, 3.05) is 19.7 Å². The largest absolute Gasteiger partial charge is 0.484 e. The zero-order chi connectivity index (χ0) is 19.4. The van der Waals surface area contributed by atoms with Crippen LogP contribution in [0.3, 0.4) is 0 Å². The molecule has 5 nitrogen and oxygen atoms in total. The first-order valence-electron chi connectivity index (χ1n) is 8.76. The molecule has 27 heavy (non-hydrogen) atoms. The van der Waals surface area contributed by atoms with E-state index in [1.54, 1.807) is 47.4 Å². The highest BCUT2D eigenvalue weighted by atomic mass is 35.5. The maximum Gasteiger partial charge on any atom is 0.260 e. The predicted molar refractivity (Wildman–Crippen MR) is 106 cm³/mol. The van der Waals surface area contributed by atoms with Crippen LogP contribution >= 0.6 is 11.6 Å². The molecule has 0 unspecified atom stereocenters. The molecule has 0 atom stereocenters. The van der Waals surface area contributed by atoms with E-state index < -0.39 is 0 Å². The molecule has 0 N–H and O–H groups in total. The molecule has 0 spiro atoms. The third kappa shape index (κ3) is 4.31. The summed E-state index contributed by atoms with van der Waals surface area (Å²) >= 11 is 5.90. The van der Waals surface area contributed by atoms with Crippen LogP contribution in [0.1, 0.15) is 13.8 Å². The normalized spacial score (nSPS) is 10.8. The summed E-state index contributed by atoms with van der Waals surface area (Å²) in [5.74, 6) is 0.828. The molecule has 1 amide bonds. The fourth-order valence-corrected chi connectivity index (χ4v) is 2.92. The second-order valence-electron chi connectivity index (χ2n) is 5.99. The van der Waals surface area contributed by atoms with Crippen molar-refractivity contribution < 1.29 is 13.9 Å². The Bertz CT molecular complexity index is 1010. The summed E-state index contributed by atoms with van der Waals surface area (Å²) in [6, 6.07) is 13.5. The number of amides is 1. The highest BCUT2D eigenvalue weighted by Crippen LogP contribution is 2.25. The molecule has 0 bridgehead atoms. The first-order chi connectivity index (χ1) is 13.0. The fraction of sp³-hybridized carbons (Fsp3) is 0.238. The third-order valence-corrected chi connectivity index (χ3v) is 4.56. The minimum absolute atomic E-state index is 0.0681. The standard InChI is InChI=1S/C21H20ClNO4/c1-3-23(4-2)21(25)13-26-16-9-10-19-17(11-16)18(24)12-20(27-19)14-5-7-15(22)8-6-14/h5-12H,3-4,13H2,1-2H3. The molecule has 0 aliphatic heterocycles. The molecule has 0 saturated heterocycles. The van der Waals surface area contributed by atoms with Crippen molar-refractivity contribution in [3.63, 3.8) is 0 Å². The molecule has 140 valence electrons.